The van der Waals surface area contributed by atoms with E-state index in [0.717, 1.165) is 9.99 Å². The number of carbonyl (C=O) groups excluding carboxylic acids is 1. The van der Waals surface area contributed by atoms with Crippen LogP contribution < -0.4 is 5.32 Å². The van der Waals surface area contributed by atoms with Crippen molar-refractivity contribution in [1.29, 1.82) is 0 Å². The number of pyridine rings is 1. The Labute approximate surface area is 171 Å². The monoisotopic (exact) mass is 421 g/mol. The summed E-state index contributed by atoms with van der Waals surface area (Å²) in [5, 5.41) is 3.10. The molecule has 0 aliphatic heterocycles. The number of nitrogens with one attached hydrogen (secondary N) is 1. The summed E-state index contributed by atoms with van der Waals surface area (Å²) in [6.45, 7) is 8.21. The minimum absolute atomic E-state index is 0.0591. The Kier molecular flexibility index (Phi) is 6.90. The predicted octanol–water partition coefficient (Wildman–Crippen LogP) is 3.75. The second-order valence-corrected chi connectivity index (χ2v) is 11.2. The smallest absolute Gasteiger partial charge is 0.244 e. The Morgan fingerprint density at radius 3 is 2.18 bits per heavy atom. The van der Waals surface area contributed by atoms with Gasteiger partial charge in [-0.2, -0.15) is 0 Å². The molecule has 2 rings (SSSR count). The van der Waals surface area contributed by atoms with Gasteiger partial charge in [0.25, 0.3) is 0 Å². The highest BCUT2D eigenvalue weighted by Crippen LogP contribution is 2.26. The van der Waals surface area contributed by atoms with Crippen molar-refractivity contribution < 1.29 is 13.2 Å². The van der Waals surface area contributed by atoms with Crippen LogP contribution in [0, 0.1) is 0 Å². The van der Waals surface area contributed by atoms with Crippen LogP contribution in [0.5, 0.6) is 0 Å². The Morgan fingerprint density at radius 1 is 1.11 bits per heavy atom. The number of nitrogens with zero attached hydrogens (tertiary/aromatic N) is 2. The van der Waals surface area contributed by atoms with Gasteiger partial charge >= 0.3 is 0 Å². The zero-order valence-corrected chi connectivity index (χ0v) is 18.7. The first-order chi connectivity index (χ1) is 12.9. The normalized spacial score (nSPS) is 13.4. The molecule has 8 heteroatoms. The fourth-order valence-electron chi connectivity index (χ4n) is 2.33. The average Bonchev–Trinajstić information content (AvgIpc) is 2.61. The van der Waals surface area contributed by atoms with Crippen LogP contribution >= 0.6 is 11.8 Å². The fraction of sp³-hybridized carbons (Fsp3) is 0.400. The summed E-state index contributed by atoms with van der Waals surface area (Å²) in [6.07, 6.45) is 1.31. The van der Waals surface area contributed by atoms with E-state index < -0.39 is 10.0 Å². The number of amides is 1. The summed E-state index contributed by atoms with van der Waals surface area (Å²) in [5.41, 5.74) is 2.00. The van der Waals surface area contributed by atoms with E-state index in [-0.39, 0.29) is 21.5 Å². The Hall–Kier alpha value is -1.90. The standard InChI is InChI=1S/C20H27N3O3S2/c1-14(19(24)22-16-9-7-15(8-10-16)20(2,3)4)27-18-12-11-17(13-21-18)28(25,26)23(5)6/h7-14H,1-6H3,(H,22,24). The maximum Gasteiger partial charge on any atom is 0.244 e. The molecule has 0 radical (unpaired) electrons. The minimum Gasteiger partial charge on any atom is -0.325 e. The molecule has 1 aromatic heterocycles. The largest absolute Gasteiger partial charge is 0.325 e. The van der Waals surface area contributed by atoms with Gasteiger partial charge in [-0.1, -0.05) is 44.7 Å². The summed E-state index contributed by atoms with van der Waals surface area (Å²) in [5.74, 6) is -0.139. The zero-order chi connectivity index (χ0) is 21.1. The molecule has 1 heterocycles. The van der Waals surface area contributed by atoms with Gasteiger partial charge < -0.3 is 5.32 Å². The second-order valence-electron chi connectivity index (χ2n) is 7.70. The highest BCUT2D eigenvalue weighted by atomic mass is 32.2. The molecule has 0 aliphatic carbocycles. The third-order valence-electron chi connectivity index (χ3n) is 4.17. The second kappa shape index (κ2) is 8.63. The summed E-state index contributed by atoms with van der Waals surface area (Å²) < 4.78 is 25.3. The van der Waals surface area contributed by atoms with Crippen molar-refractivity contribution in [2.75, 3.05) is 19.4 Å². The van der Waals surface area contributed by atoms with Crippen LogP contribution in [0.4, 0.5) is 5.69 Å². The first kappa shape index (κ1) is 22.4. The highest BCUT2D eigenvalue weighted by molar-refractivity contribution is 8.00. The van der Waals surface area contributed by atoms with Crippen molar-refractivity contribution in [3.05, 3.63) is 48.2 Å². The Balaban J connectivity index is 2.00. The van der Waals surface area contributed by atoms with E-state index >= 15 is 0 Å². The summed E-state index contributed by atoms with van der Waals surface area (Å²) >= 11 is 1.27. The van der Waals surface area contributed by atoms with Crippen LogP contribution in [-0.4, -0.2) is 43.0 Å². The highest BCUT2D eigenvalue weighted by Gasteiger charge is 2.19. The van der Waals surface area contributed by atoms with Crippen molar-refractivity contribution in [2.45, 2.75) is 48.3 Å². The molecule has 2 aromatic rings. The molecule has 28 heavy (non-hydrogen) atoms. The maximum absolute atomic E-state index is 12.5. The van der Waals surface area contributed by atoms with Gasteiger partial charge in [0.05, 0.1) is 10.3 Å². The number of rotatable bonds is 6. The van der Waals surface area contributed by atoms with E-state index in [4.69, 9.17) is 0 Å². The van der Waals surface area contributed by atoms with Crippen LogP contribution in [0.25, 0.3) is 0 Å². The van der Waals surface area contributed by atoms with Crippen molar-refractivity contribution >= 4 is 33.4 Å². The third-order valence-corrected chi connectivity index (χ3v) is 7.02. The average molecular weight is 422 g/mol. The van der Waals surface area contributed by atoms with Gasteiger partial charge in [-0.05, 0) is 42.2 Å². The molecule has 0 spiro atoms. The molecule has 0 fully saturated rings. The van der Waals surface area contributed by atoms with Gasteiger partial charge in [-0.3, -0.25) is 4.79 Å². The molecule has 0 saturated carbocycles. The molecular weight excluding hydrogens is 394 g/mol. The zero-order valence-electron chi connectivity index (χ0n) is 17.1. The first-order valence-electron chi connectivity index (χ1n) is 8.88. The first-order valence-corrected chi connectivity index (χ1v) is 11.2. The fourth-order valence-corrected chi connectivity index (χ4v) is 3.97. The van der Waals surface area contributed by atoms with Gasteiger partial charge in [-0.15, -0.1) is 0 Å². The van der Waals surface area contributed by atoms with Gasteiger partial charge in [-0.25, -0.2) is 17.7 Å². The molecule has 0 saturated heterocycles. The summed E-state index contributed by atoms with van der Waals surface area (Å²) in [6, 6.07) is 10.9. The molecule has 0 aliphatic rings. The molecule has 0 bridgehead atoms. The summed E-state index contributed by atoms with van der Waals surface area (Å²) in [7, 11) is -0.570. The quantitative estimate of drug-likeness (QED) is 0.719. The number of sulfonamides is 1. The molecule has 6 nitrogen and oxygen atoms in total. The van der Waals surface area contributed by atoms with Crippen LogP contribution in [-0.2, 0) is 20.2 Å². The SMILES string of the molecule is CC(Sc1ccc(S(=O)(=O)N(C)C)cn1)C(=O)Nc1ccc(C(C)(C)C)cc1. The van der Waals surface area contributed by atoms with Crippen LogP contribution in [0.3, 0.4) is 0 Å². The number of hydrogen-bond donors (Lipinski definition) is 1. The lowest BCUT2D eigenvalue weighted by Gasteiger charge is -2.19. The number of anilines is 1. The number of benzene rings is 1. The van der Waals surface area contributed by atoms with Crippen molar-refractivity contribution in [1.82, 2.24) is 9.29 Å². The number of carbonyl (C=O) groups is 1. The molecule has 1 unspecified atom stereocenters. The Morgan fingerprint density at radius 2 is 1.71 bits per heavy atom. The number of hydrogen-bond acceptors (Lipinski definition) is 5. The summed E-state index contributed by atoms with van der Waals surface area (Å²) in [4.78, 5) is 16.7. The van der Waals surface area contributed by atoms with Crippen LogP contribution in [0.2, 0.25) is 0 Å². The van der Waals surface area contributed by atoms with E-state index in [1.807, 2.05) is 24.3 Å². The van der Waals surface area contributed by atoms with Gasteiger partial charge in [0.1, 0.15) is 4.90 Å². The molecule has 1 N–H and O–H groups in total. The third kappa shape index (κ3) is 5.56. The van der Waals surface area contributed by atoms with Gasteiger partial charge in [0, 0.05) is 26.0 Å². The van der Waals surface area contributed by atoms with E-state index in [1.165, 1.54) is 43.7 Å². The van der Waals surface area contributed by atoms with E-state index in [1.54, 1.807) is 13.0 Å². The minimum atomic E-state index is -3.51. The van der Waals surface area contributed by atoms with Gasteiger partial charge in [0.15, 0.2) is 0 Å². The van der Waals surface area contributed by atoms with Crippen LogP contribution in [0.15, 0.2) is 52.5 Å². The lowest BCUT2D eigenvalue weighted by molar-refractivity contribution is -0.115. The maximum atomic E-state index is 12.5. The molecule has 1 aromatic carbocycles. The van der Waals surface area contributed by atoms with Crippen molar-refractivity contribution in [3.63, 3.8) is 0 Å². The van der Waals surface area contributed by atoms with E-state index in [0.29, 0.717) is 5.03 Å². The lowest BCUT2D eigenvalue weighted by Crippen LogP contribution is -2.23. The molecule has 152 valence electrons. The predicted molar refractivity (Wildman–Crippen MR) is 114 cm³/mol. The lowest BCUT2D eigenvalue weighted by atomic mass is 9.87. The van der Waals surface area contributed by atoms with E-state index in [2.05, 4.69) is 31.1 Å². The number of thioether (sulfide) groups is 1. The van der Waals surface area contributed by atoms with E-state index in [9.17, 15) is 13.2 Å². The molecular formula is C20H27N3O3S2. The molecule has 1 atom stereocenters. The van der Waals surface area contributed by atoms with Gasteiger partial charge in [0.2, 0.25) is 15.9 Å². The Bertz CT molecular complexity index is 917. The van der Waals surface area contributed by atoms with Crippen molar-refractivity contribution in [3.8, 4) is 0 Å². The molecule has 1 amide bonds. The number of aromatic nitrogens is 1. The van der Waals surface area contributed by atoms with Crippen LogP contribution in [0.1, 0.15) is 33.3 Å². The van der Waals surface area contributed by atoms with Crippen molar-refractivity contribution in [2.24, 2.45) is 0 Å². The topological polar surface area (TPSA) is 79.4 Å².